The van der Waals surface area contributed by atoms with Gasteiger partial charge in [-0.15, -0.1) is 0 Å². The number of rotatable bonds is 3. The lowest BCUT2D eigenvalue weighted by molar-refractivity contribution is 0.565. The minimum absolute atomic E-state index is 0.196. The first-order valence-electron chi connectivity index (χ1n) is 7.65. The van der Waals surface area contributed by atoms with Crippen molar-refractivity contribution in [2.24, 2.45) is 7.05 Å². The summed E-state index contributed by atoms with van der Waals surface area (Å²) in [6, 6.07) is 6.89. The van der Waals surface area contributed by atoms with Crippen LogP contribution in [0.15, 0.2) is 69.7 Å². The second kappa shape index (κ2) is 6.38. The van der Waals surface area contributed by atoms with Gasteiger partial charge in [0.15, 0.2) is 5.65 Å². The maximum Gasteiger partial charge on any atom is 0.276 e. The van der Waals surface area contributed by atoms with E-state index < -0.39 is 11.6 Å². The number of pyridine rings is 1. The smallest absolute Gasteiger partial charge is 0.267 e. The molecular formula is C18H12F2N4OS. The molecule has 8 heteroatoms. The van der Waals surface area contributed by atoms with E-state index in [0.717, 1.165) is 23.4 Å². The number of nitrogens with zero attached hydrogens (tertiary/aromatic N) is 4. The maximum atomic E-state index is 13.9. The minimum atomic E-state index is -0.644. The van der Waals surface area contributed by atoms with E-state index in [1.807, 2.05) is 0 Å². The quantitative estimate of drug-likeness (QED) is 0.554. The Kier molecular flexibility index (Phi) is 4.04. The van der Waals surface area contributed by atoms with Crippen LogP contribution in [0.5, 0.6) is 0 Å². The molecule has 0 bridgehead atoms. The number of halogens is 2. The number of benzene rings is 1. The third kappa shape index (κ3) is 2.78. The monoisotopic (exact) mass is 370 g/mol. The van der Waals surface area contributed by atoms with Gasteiger partial charge in [-0.05, 0) is 29.8 Å². The van der Waals surface area contributed by atoms with Crippen LogP contribution in [0.25, 0.3) is 16.8 Å². The average Bonchev–Trinajstić information content (AvgIpc) is 2.89. The van der Waals surface area contributed by atoms with Crippen molar-refractivity contribution >= 4 is 17.4 Å². The summed E-state index contributed by atoms with van der Waals surface area (Å²) in [6.07, 6.45) is 6.48. The Bertz CT molecular complexity index is 1170. The zero-order chi connectivity index (χ0) is 18.3. The Morgan fingerprint density at radius 1 is 1.12 bits per heavy atom. The first kappa shape index (κ1) is 16.5. The van der Waals surface area contributed by atoms with Crippen LogP contribution < -0.4 is 5.56 Å². The molecule has 0 fully saturated rings. The van der Waals surface area contributed by atoms with Gasteiger partial charge >= 0.3 is 0 Å². The molecule has 3 aromatic heterocycles. The first-order chi connectivity index (χ1) is 12.5. The number of fused-ring (bicyclic) bond motifs is 1. The summed E-state index contributed by atoms with van der Waals surface area (Å²) >= 11 is 1.11. The summed E-state index contributed by atoms with van der Waals surface area (Å²) in [5.74, 6) is -1.27. The lowest BCUT2D eigenvalue weighted by Crippen LogP contribution is -2.15. The van der Waals surface area contributed by atoms with Crippen molar-refractivity contribution in [3.05, 3.63) is 77.1 Å². The highest BCUT2D eigenvalue weighted by atomic mass is 32.2. The topological polar surface area (TPSA) is 52.2 Å². The molecule has 0 unspecified atom stereocenters. The molecule has 3 heterocycles. The summed E-state index contributed by atoms with van der Waals surface area (Å²) in [5, 5.41) is 0. The molecule has 0 atom stereocenters. The van der Waals surface area contributed by atoms with E-state index in [4.69, 9.17) is 0 Å². The standard InChI is InChI=1S/C18H12F2N4OS/c1-23-18(25)16(11-4-6-21-7-5-11)17-22-9-13(10-24(17)23)26-15-3-2-12(19)8-14(15)20/h2-10H,1H3. The fourth-order valence-corrected chi connectivity index (χ4v) is 3.48. The van der Waals surface area contributed by atoms with Crippen LogP contribution in [-0.2, 0) is 7.05 Å². The predicted octanol–water partition coefficient (Wildman–Crippen LogP) is 3.52. The van der Waals surface area contributed by atoms with Gasteiger partial charge in [-0.25, -0.2) is 23.0 Å². The lowest BCUT2D eigenvalue weighted by Gasteiger charge is -2.05. The highest BCUT2D eigenvalue weighted by molar-refractivity contribution is 7.99. The van der Waals surface area contributed by atoms with Crippen LogP contribution >= 0.6 is 11.8 Å². The van der Waals surface area contributed by atoms with E-state index in [9.17, 15) is 13.6 Å². The van der Waals surface area contributed by atoms with Crippen molar-refractivity contribution in [1.29, 1.82) is 0 Å². The van der Waals surface area contributed by atoms with Gasteiger partial charge in [0.1, 0.15) is 11.6 Å². The summed E-state index contributed by atoms with van der Waals surface area (Å²) < 4.78 is 30.0. The Hall–Kier alpha value is -3.00. The Morgan fingerprint density at radius 3 is 2.62 bits per heavy atom. The van der Waals surface area contributed by atoms with Crippen LogP contribution in [0.2, 0.25) is 0 Å². The average molecular weight is 370 g/mol. The van der Waals surface area contributed by atoms with Gasteiger partial charge in [-0.2, -0.15) is 0 Å². The van der Waals surface area contributed by atoms with Crippen LogP contribution in [-0.4, -0.2) is 19.2 Å². The molecule has 0 spiro atoms. The van der Waals surface area contributed by atoms with E-state index in [1.54, 1.807) is 48.5 Å². The third-order valence-electron chi connectivity index (χ3n) is 3.93. The fourth-order valence-electron chi connectivity index (χ4n) is 2.67. The summed E-state index contributed by atoms with van der Waals surface area (Å²) in [7, 11) is 1.63. The Morgan fingerprint density at radius 2 is 1.88 bits per heavy atom. The zero-order valence-electron chi connectivity index (χ0n) is 13.6. The summed E-state index contributed by atoms with van der Waals surface area (Å²) in [5.41, 5.74) is 1.49. The second-order valence-corrected chi connectivity index (χ2v) is 6.69. The van der Waals surface area contributed by atoms with Gasteiger partial charge in [0.05, 0.1) is 5.56 Å². The largest absolute Gasteiger partial charge is 0.276 e. The molecule has 0 amide bonds. The van der Waals surface area contributed by atoms with E-state index >= 15 is 0 Å². The van der Waals surface area contributed by atoms with E-state index in [1.165, 1.54) is 16.8 Å². The summed E-state index contributed by atoms with van der Waals surface area (Å²) in [6.45, 7) is 0. The fraction of sp³-hybridized carbons (Fsp3) is 0.0556. The van der Waals surface area contributed by atoms with E-state index in [2.05, 4.69) is 9.97 Å². The number of aromatic nitrogens is 4. The van der Waals surface area contributed by atoms with Gasteiger partial charge in [0, 0.05) is 47.7 Å². The summed E-state index contributed by atoms with van der Waals surface area (Å²) in [4.78, 5) is 21.9. The van der Waals surface area contributed by atoms with Gasteiger partial charge in [0.25, 0.3) is 5.56 Å². The minimum Gasteiger partial charge on any atom is -0.267 e. The predicted molar refractivity (Wildman–Crippen MR) is 94.1 cm³/mol. The molecule has 4 aromatic rings. The number of hydrogen-bond acceptors (Lipinski definition) is 4. The molecule has 5 nitrogen and oxygen atoms in total. The molecule has 0 saturated heterocycles. The second-order valence-electron chi connectivity index (χ2n) is 5.57. The van der Waals surface area contributed by atoms with Crippen molar-refractivity contribution < 1.29 is 8.78 Å². The Balaban J connectivity index is 1.81. The molecule has 26 heavy (non-hydrogen) atoms. The highest BCUT2D eigenvalue weighted by Crippen LogP contribution is 2.30. The normalized spacial score (nSPS) is 11.2. The SMILES string of the molecule is Cn1c(=O)c(-c2ccncc2)c2ncc(Sc3ccc(F)cc3F)cn21. The molecule has 0 aliphatic heterocycles. The lowest BCUT2D eigenvalue weighted by atomic mass is 10.1. The zero-order valence-corrected chi connectivity index (χ0v) is 14.4. The van der Waals surface area contributed by atoms with Crippen molar-refractivity contribution in [3.63, 3.8) is 0 Å². The van der Waals surface area contributed by atoms with Crippen LogP contribution in [0.1, 0.15) is 0 Å². The highest BCUT2D eigenvalue weighted by Gasteiger charge is 2.16. The molecule has 0 saturated carbocycles. The van der Waals surface area contributed by atoms with Crippen molar-refractivity contribution in [2.75, 3.05) is 0 Å². The van der Waals surface area contributed by atoms with Crippen molar-refractivity contribution in [1.82, 2.24) is 19.2 Å². The van der Waals surface area contributed by atoms with Crippen LogP contribution in [0, 0.1) is 11.6 Å². The van der Waals surface area contributed by atoms with Crippen LogP contribution in [0.4, 0.5) is 8.78 Å². The van der Waals surface area contributed by atoms with E-state index in [-0.39, 0.29) is 10.5 Å². The van der Waals surface area contributed by atoms with E-state index in [0.29, 0.717) is 16.1 Å². The third-order valence-corrected chi connectivity index (χ3v) is 4.92. The van der Waals surface area contributed by atoms with Gasteiger partial charge < -0.3 is 0 Å². The first-order valence-corrected chi connectivity index (χ1v) is 8.47. The van der Waals surface area contributed by atoms with Gasteiger partial charge in [0.2, 0.25) is 0 Å². The molecule has 0 radical (unpaired) electrons. The Labute approximate surface area is 150 Å². The molecule has 0 N–H and O–H groups in total. The van der Waals surface area contributed by atoms with Crippen molar-refractivity contribution in [2.45, 2.75) is 9.79 Å². The molecule has 0 aliphatic carbocycles. The van der Waals surface area contributed by atoms with Gasteiger partial charge in [-0.3, -0.25) is 9.78 Å². The molecule has 1 aromatic carbocycles. The van der Waals surface area contributed by atoms with Crippen molar-refractivity contribution in [3.8, 4) is 11.1 Å². The molecule has 4 rings (SSSR count). The molecule has 0 aliphatic rings. The maximum absolute atomic E-state index is 13.9. The van der Waals surface area contributed by atoms with Crippen LogP contribution in [0.3, 0.4) is 0 Å². The number of aryl methyl sites for hydroxylation is 1. The number of hydrogen-bond donors (Lipinski definition) is 0. The molecule has 130 valence electrons. The molecular weight excluding hydrogens is 358 g/mol. The van der Waals surface area contributed by atoms with Gasteiger partial charge in [-0.1, -0.05) is 11.8 Å².